The third-order valence-electron chi connectivity index (χ3n) is 5.73. The number of anilines is 1. The highest BCUT2D eigenvalue weighted by Gasteiger charge is 2.46. The second kappa shape index (κ2) is 8.08. The standard InChI is InChI=1S/C26H18FNO6/c1-33-19-8-4-5-15-13-20(34-25(15)19)23(30)21-22(14-9-11-16(27)12-10-14)28(26(32)24(21)31)17-6-2-3-7-18(17)29/h2-13,22,29,31H,1H3. The number of carbonyl (C=O) groups excluding carboxylic acids is 2. The summed E-state index contributed by atoms with van der Waals surface area (Å²) in [6.45, 7) is 0. The van der Waals surface area contributed by atoms with Gasteiger partial charge in [-0.05, 0) is 42.0 Å². The molecule has 1 unspecified atom stereocenters. The molecule has 1 aromatic heterocycles. The molecule has 0 bridgehead atoms. The van der Waals surface area contributed by atoms with Gasteiger partial charge in [-0.1, -0.05) is 36.4 Å². The third kappa shape index (κ3) is 3.27. The number of rotatable bonds is 5. The van der Waals surface area contributed by atoms with Crippen molar-refractivity contribution in [1.29, 1.82) is 0 Å². The second-order valence-electron chi connectivity index (χ2n) is 7.70. The summed E-state index contributed by atoms with van der Waals surface area (Å²) in [6, 6.07) is 16.7. The Morgan fingerprint density at radius 3 is 2.47 bits per heavy atom. The van der Waals surface area contributed by atoms with Crippen LogP contribution in [0.5, 0.6) is 11.5 Å². The summed E-state index contributed by atoms with van der Waals surface area (Å²) in [5, 5.41) is 21.8. The number of hydrogen-bond donors (Lipinski definition) is 2. The van der Waals surface area contributed by atoms with E-state index < -0.39 is 29.3 Å². The van der Waals surface area contributed by atoms with Crippen molar-refractivity contribution in [3.05, 3.63) is 101 Å². The van der Waals surface area contributed by atoms with E-state index in [1.54, 1.807) is 30.3 Å². The number of phenolic OH excluding ortho intramolecular Hbond substituents is 1. The van der Waals surface area contributed by atoms with E-state index >= 15 is 0 Å². The van der Waals surface area contributed by atoms with Crippen LogP contribution in [0.2, 0.25) is 0 Å². The monoisotopic (exact) mass is 459 g/mol. The van der Waals surface area contributed by atoms with Gasteiger partial charge >= 0.3 is 0 Å². The molecule has 4 aromatic rings. The second-order valence-corrected chi connectivity index (χ2v) is 7.70. The Bertz CT molecular complexity index is 1470. The average molecular weight is 459 g/mol. The zero-order chi connectivity index (χ0) is 24.0. The van der Waals surface area contributed by atoms with Crippen molar-refractivity contribution in [3.63, 3.8) is 0 Å². The molecule has 1 amide bonds. The number of halogens is 1. The van der Waals surface area contributed by atoms with Crippen LogP contribution in [0.1, 0.15) is 22.2 Å². The lowest BCUT2D eigenvalue weighted by atomic mass is 9.94. The number of aliphatic hydroxyl groups excluding tert-OH is 1. The molecule has 34 heavy (non-hydrogen) atoms. The van der Waals surface area contributed by atoms with Crippen LogP contribution < -0.4 is 9.64 Å². The minimum Gasteiger partial charge on any atom is -0.506 e. The van der Waals surface area contributed by atoms with E-state index in [-0.39, 0.29) is 22.8 Å². The van der Waals surface area contributed by atoms with Crippen molar-refractivity contribution in [2.24, 2.45) is 0 Å². The SMILES string of the molecule is COc1cccc2cc(C(=O)C3=C(O)C(=O)N(c4ccccc4O)C3c3ccc(F)cc3)oc12. The first-order valence-electron chi connectivity index (χ1n) is 10.3. The van der Waals surface area contributed by atoms with Gasteiger partial charge < -0.3 is 19.4 Å². The molecule has 1 aliphatic heterocycles. The fourth-order valence-electron chi connectivity index (χ4n) is 4.16. The predicted molar refractivity (Wildman–Crippen MR) is 121 cm³/mol. The van der Waals surface area contributed by atoms with Gasteiger partial charge in [0.25, 0.3) is 5.91 Å². The Hall–Kier alpha value is -4.59. The van der Waals surface area contributed by atoms with Gasteiger partial charge in [0.1, 0.15) is 11.6 Å². The molecule has 0 fully saturated rings. The molecule has 1 aliphatic rings. The number of fused-ring (bicyclic) bond motifs is 1. The van der Waals surface area contributed by atoms with Crippen LogP contribution in [0.4, 0.5) is 10.1 Å². The van der Waals surface area contributed by atoms with Crippen LogP contribution in [-0.4, -0.2) is 29.0 Å². The molecule has 3 aromatic carbocycles. The lowest BCUT2D eigenvalue weighted by Crippen LogP contribution is -2.31. The van der Waals surface area contributed by atoms with Gasteiger partial charge in [-0.15, -0.1) is 0 Å². The summed E-state index contributed by atoms with van der Waals surface area (Å²) < 4.78 is 24.7. The summed E-state index contributed by atoms with van der Waals surface area (Å²) in [5.41, 5.74) is 0.535. The highest BCUT2D eigenvalue weighted by atomic mass is 19.1. The number of amides is 1. The summed E-state index contributed by atoms with van der Waals surface area (Å²) in [5.74, 6) is -2.81. The largest absolute Gasteiger partial charge is 0.506 e. The van der Waals surface area contributed by atoms with Gasteiger partial charge in [0, 0.05) is 5.39 Å². The van der Waals surface area contributed by atoms with Crippen molar-refractivity contribution < 1.29 is 33.3 Å². The Balaban J connectivity index is 1.68. The minimum atomic E-state index is -1.14. The zero-order valence-corrected chi connectivity index (χ0v) is 17.9. The minimum absolute atomic E-state index is 0.0856. The van der Waals surface area contributed by atoms with Crippen LogP contribution in [-0.2, 0) is 4.79 Å². The maximum absolute atomic E-state index is 13.6. The first-order valence-corrected chi connectivity index (χ1v) is 10.3. The van der Waals surface area contributed by atoms with Gasteiger partial charge in [-0.3, -0.25) is 14.5 Å². The molecule has 0 saturated heterocycles. The average Bonchev–Trinajstić information content (AvgIpc) is 3.39. The van der Waals surface area contributed by atoms with E-state index in [1.807, 2.05) is 0 Å². The molecule has 0 saturated carbocycles. The number of hydrogen-bond acceptors (Lipinski definition) is 6. The number of benzene rings is 3. The number of methoxy groups -OCH3 is 1. The van der Waals surface area contributed by atoms with Crippen LogP contribution in [0.25, 0.3) is 11.0 Å². The first-order chi connectivity index (χ1) is 16.4. The molecule has 2 N–H and O–H groups in total. The van der Waals surface area contributed by atoms with Crippen LogP contribution in [0, 0.1) is 5.82 Å². The predicted octanol–water partition coefficient (Wildman–Crippen LogP) is 5.07. The molecule has 2 heterocycles. The maximum atomic E-state index is 13.6. The Morgan fingerprint density at radius 2 is 1.76 bits per heavy atom. The molecular formula is C26H18FNO6. The van der Waals surface area contributed by atoms with Crippen LogP contribution >= 0.6 is 0 Å². The number of phenols is 1. The quantitative estimate of drug-likeness (QED) is 0.404. The Kier molecular flexibility index (Phi) is 5.05. The third-order valence-corrected chi connectivity index (χ3v) is 5.73. The summed E-state index contributed by atoms with van der Waals surface area (Å²) in [6.07, 6.45) is 0. The van der Waals surface area contributed by atoms with Gasteiger partial charge in [0.15, 0.2) is 22.9 Å². The molecule has 0 radical (unpaired) electrons. The number of ether oxygens (including phenoxy) is 1. The summed E-state index contributed by atoms with van der Waals surface area (Å²) in [4.78, 5) is 27.9. The number of furan rings is 1. The van der Waals surface area contributed by atoms with E-state index in [0.29, 0.717) is 22.3 Å². The van der Waals surface area contributed by atoms with Crippen molar-refractivity contribution in [2.45, 2.75) is 6.04 Å². The molecule has 8 heteroatoms. The number of ketones is 1. The highest BCUT2D eigenvalue weighted by molar-refractivity contribution is 6.21. The Labute approximate surface area is 192 Å². The lowest BCUT2D eigenvalue weighted by molar-refractivity contribution is -0.117. The molecule has 5 rings (SSSR count). The molecule has 170 valence electrons. The normalized spacial score (nSPS) is 15.9. The van der Waals surface area contributed by atoms with Crippen molar-refractivity contribution in [2.75, 3.05) is 12.0 Å². The summed E-state index contributed by atoms with van der Waals surface area (Å²) in [7, 11) is 1.47. The van der Waals surface area contributed by atoms with E-state index in [9.17, 15) is 24.2 Å². The fraction of sp³-hybridized carbons (Fsp3) is 0.0769. The smallest absolute Gasteiger partial charge is 0.294 e. The van der Waals surface area contributed by atoms with Crippen LogP contribution in [0.3, 0.4) is 0 Å². The van der Waals surface area contributed by atoms with Crippen molar-refractivity contribution in [1.82, 2.24) is 0 Å². The van der Waals surface area contributed by atoms with E-state index in [0.717, 1.165) is 4.90 Å². The zero-order valence-electron chi connectivity index (χ0n) is 17.9. The number of aliphatic hydroxyl groups is 1. The molecule has 1 atom stereocenters. The number of carbonyl (C=O) groups is 2. The first kappa shape index (κ1) is 21.3. The number of aromatic hydroxyl groups is 1. The van der Waals surface area contributed by atoms with Gasteiger partial charge in [-0.25, -0.2) is 4.39 Å². The number of Topliss-reactive ketones (excluding diaryl/α,β-unsaturated/α-hetero) is 1. The lowest BCUT2D eigenvalue weighted by Gasteiger charge is -2.27. The van der Waals surface area contributed by atoms with Crippen LogP contribution in [0.15, 0.2) is 88.5 Å². The maximum Gasteiger partial charge on any atom is 0.294 e. The van der Waals surface area contributed by atoms with Gasteiger partial charge in [-0.2, -0.15) is 0 Å². The van der Waals surface area contributed by atoms with E-state index in [2.05, 4.69) is 0 Å². The molecular weight excluding hydrogens is 441 g/mol. The molecule has 0 aliphatic carbocycles. The number of nitrogens with zero attached hydrogens (tertiary/aromatic N) is 1. The number of para-hydroxylation sites is 3. The Morgan fingerprint density at radius 1 is 1.03 bits per heavy atom. The topological polar surface area (TPSA) is 100 Å². The highest BCUT2D eigenvalue weighted by Crippen LogP contribution is 2.45. The molecule has 7 nitrogen and oxygen atoms in total. The van der Waals surface area contributed by atoms with E-state index in [1.165, 1.54) is 49.6 Å². The van der Waals surface area contributed by atoms with E-state index in [4.69, 9.17) is 9.15 Å². The summed E-state index contributed by atoms with van der Waals surface area (Å²) >= 11 is 0. The van der Waals surface area contributed by atoms with Gasteiger partial charge in [0.2, 0.25) is 5.78 Å². The van der Waals surface area contributed by atoms with Gasteiger partial charge in [0.05, 0.1) is 24.4 Å². The van der Waals surface area contributed by atoms with Crippen molar-refractivity contribution >= 4 is 28.3 Å². The molecule has 0 spiro atoms. The van der Waals surface area contributed by atoms with Crippen molar-refractivity contribution in [3.8, 4) is 11.5 Å². The fourth-order valence-corrected chi connectivity index (χ4v) is 4.16.